The summed E-state index contributed by atoms with van der Waals surface area (Å²) in [7, 11) is 0. The van der Waals surface area contributed by atoms with Crippen LogP contribution in [0.3, 0.4) is 0 Å². The number of hydrogen-bond donors (Lipinski definition) is 1. The minimum atomic E-state index is -0.0226. The highest BCUT2D eigenvalue weighted by molar-refractivity contribution is 6.30. The number of morpholine rings is 1. The molecule has 2 aromatic carbocycles. The molecule has 5 nitrogen and oxygen atoms in total. The Morgan fingerprint density at radius 1 is 1.03 bits per heavy atom. The first kappa shape index (κ1) is 19.9. The molecule has 1 amide bonds. The molecule has 1 N–H and O–H groups in total. The number of allylic oxidation sites excluding steroid dienone is 2. The van der Waals surface area contributed by atoms with Crippen LogP contribution in [0.15, 0.2) is 78.6 Å². The van der Waals surface area contributed by atoms with Gasteiger partial charge in [-0.3, -0.25) is 4.79 Å². The highest BCUT2D eigenvalue weighted by Crippen LogP contribution is 2.35. The summed E-state index contributed by atoms with van der Waals surface area (Å²) in [6.45, 7) is 2.48. The van der Waals surface area contributed by atoms with Gasteiger partial charge in [0.1, 0.15) is 6.17 Å². The van der Waals surface area contributed by atoms with E-state index in [4.69, 9.17) is 16.3 Å². The fourth-order valence-corrected chi connectivity index (χ4v) is 4.33. The number of fused-ring (bicyclic) bond motifs is 1. The summed E-state index contributed by atoms with van der Waals surface area (Å²) in [6, 6.07) is 18.0. The first-order valence-electron chi connectivity index (χ1n) is 10.5. The maximum atomic E-state index is 13.1. The Morgan fingerprint density at radius 3 is 2.52 bits per heavy atom. The SMILES string of the molecule is O=C(CC1=C(c2ccc(Cl)cc2)NC2C=CC(c3ccccc3)=CN12)N1CCOCC1. The van der Waals surface area contributed by atoms with Crippen molar-refractivity contribution >= 4 is 28.8 Å². The second-order valence-electron chi connectivity index (χ2n) is 7.80. The Kier molecular flexibility index (Phi) is 5.53. The zero-order chi connectivity index (χ0) is 21.2. The van der Waals surface area contributed by atoms with Crippen molar-refractivity contribution in [3.05, 3.63) is 94.8 Å². The first-order valence-corrected chi connectivity index (χ1v) is 10.9. The molecule has 0 aromatic heterocycles. The lowest BCUT2D eigenvalue weighted by Crippen LogP contribution is -2.41. The molecule has 31 heavy (non-hydrogen) atoms. The zero-order valence-corrected chi connectivity index (χ0v) is 17.9. The molecule has 0 bridgehead atoms. The van der Waals surface area contributed by atoms with Crippen molar-refractivity contribution in [2.45, 2.75) is 12.6 Å². The summed E-state index contributed by atoms with van der Waals surface area (Å²) in [5, 5.41) is 4.29. The first-order chi connectivity index (χ1) is 15.2. The van der Waals surface area contributed by atoms with Gasteiger partial charge in [-0.15, -0.1) is 0 Å². The van der Waals surface area contributed by atoms with Crippen LogP contribution in [0, 0.1) is 0 Å². The van der Waals surface area contributed by atoms with Crippen LogP contribution in [0.1, 0.15) is 17.5 Å². The monoisotopic (exact) mass is 433 g/mol. The molecule has 0 saturated carbocycles. The number of nitrogens with zero attached hydrogens (tertiary/aromatic N) is 2. The van der Waals surface area contributed by atoms with E-state index >= 15 is 0 Å². The summed E-state index contributed by atoms with van der Waals surface area (Å²) in [5.41, 5.74) is 5.23. The van der Waals surface area contributed by atoms with E-state index in [1.807, 2.05) is 47.4 Å². The summed E-state index contributed by atoms with van der Waals surface area (Å²) in [5.74, 6) is 0.122. The number of rotatable bonds is 4. The van der Waals surface area contributed by atoms with E-state index in [2.05, 4.69) is 40.7 Å². The van der Waals surface area contributed by atoms with Gasteiger partial charge >= 0.3 is 0 Å². The summed E-state index contributed by atoms with van der Waals surface area (Å²) < 4.78 is 5.41. The van der Waals surface area contributed by atoms with E-state index in [0.717, 1.165) is 28.1 Å². The Labute approximate surface area is 187 Å². The maximum absolute atomic E-state index is 13.1. The minimum Gasteiger partial charge on any atom is -0.378 e. The van der Waals surface area contributed by atoms with Crippen LogP contribution >= 0.6 is 11.6 Å². The van der Waals surface area contributed by atoms with Gasteiger partial charge in [0.05, 0.1) is 31.0 Å². The van der Waals surface area contributed by atoms with Gasteiger partial charge in [0, 0.05) is 24.3 Å². The van der Waals surface area contributed by atoms with Crippen molar-refractivity contribution < 1.29 is 9.53 Å². The zero-order valence-electron chi connectivity index (χ0n) is 17.1. The average molecular weight is 434 g/mol. The number of halogens is 1. The Bertz CT molecular complexity index is 1050. The van der Waals surface area contributed by atoms with Crippen molar-refractivity contribution in [1.29, 1.82) is 0 Å². The molecule has 0 aliphatic carbocycles. The largest absolute Gasteiger partial charge is 0.378 e. The van der Waals surface area contributed by atoms with Gasteiger partial charge in [0.15, 0.2) is 0 Å². The summed E-state index contributed by atoms with van der Waals surface area (Å²) in [4.78, 5) is 17.2. The smallest absolute Gasteiger partial charge is 0.228 e. The van der Waals surface area contributed by atoms with Crippen LogP contribution in [0.4, 0.5) is 0 Å². The van der Waals surface area contributed by atoms with Gasteiger partial charge in [0.25, 0.3) is 0 Å². The maximum Gasteiger partial charge on any atom is 0.228 e. The van der Waals surface area contributed by atoms with Gasteiger partial charge in [-0.1, -0.05) is 60.1 Å². The van der Waals surface area contributed by atoms with Crippen molar-refractivity contribution in [2.75, 3.05) is 26.3 Å². The molecule has 1 saturated heterocycles. The number of benzene rings is 2. The Hall–Kier alpha value is -3.02. The molecule has 5 rings (SSSR count). The molecule has 3 heterocycles. The number of carbonyl (C=O) groups is 1. The van der Waals surface area contributed by atoms with Crippen molar-refractivity contribution in [2.24, 2.45) is 0 Å². The van der Waals surface area contributed by atoms with Gasteiger partial charge in [-0.05, 0) is 34.9 Å². The number of amides is 1. The summed E-state index contributed by atoms with van der Waals surface area (Å²) in [6.07, 6.45) is 6.72. The van der Waals surface area contributed by atoms with Crippen LogP contribution in [0.25, 0.3) is 11.3 Å². The number of ether oxygens (including phenoxy) is 1. The molecule has 0 spiro atoms. The van der Waals surface area contributed by atoms with Crippen LogP contribution in [-0.4, -0.2) is 48.2 Å². The van der Waals surface area contributed by atoms with E-state index in [1.165, 1.54) is 0 Å². The van der Waals surface area contributed by atoms with E-state index < -0.39 is 0 Å². The van der Waals surface area contributed by atoms with E-state index in [0.29, 0.717) is 37.7 Å². The second kappa shape index (κ2) is 8.61. The fraction of sp³-hybridized carbons (Fsp3) is 0.240. The lowest BCUT2D eigenvalue weighted by molar-refractivity contribution is -0.134. The third-order valence-electron chi connectivity index (χ3n) is 5.85. The predicted octanol–water partition coefficient (Wildman–Crippen LogP) is 4.10. The van der Waals surface area contributed by atoms with Crippen LogP contribution in [-0.2, 0) is 9.53 Å². The predicted molar refractivity (Wildman–Crippen MR) is 123 cm³/mol. The van der Waals surface area contributed by atoms with Gasteiger partial charge < -0.3 is 19.9 Å². The third kappa shape index (κ3) is 4.11. The van der Waals surface area contributed by atoms with Crippen LogP contribution in [0.2, 0.25) is 5.02 Å². The van der Waals surface area contributed by atoms with Crippen LogP contribution < -0.4 is 5.32 Å². The highest BCUT2D eigenvalue weighted by atomic mass is 35.5. The molecule has 1 atom stereocenters. The van der Waals surface area contributed by atoms with E-state index in [9.17, 15) is 4.79 Å². The van der Waals surface area contributed by atoms with Gasteiger partial charge in [0.2, 0.25) is 5.91 Å². The molecule has 0 radical (unpaired) electrons. The van der Waals surface area contributed by atoms with E-state index in [1.54, 1.807) is 0 Å². The molecule has 1 unspecified atom stereocenters. The Balaban J connectivity index is 1.51. The lowest BCUT2D eigenvalue weighted by atomic mass is 10.0. The third-order valence-corrected chi connectivity index (χ3v) is 6.10. The molecular weight excluding hydrogens is 410 g/mol. The Morgan fingerprint density at radius 2 is 1.77 bits per heavy atom. The summed E-state index contributed by atoms with van der Waals surface area (Å²) >= 11 is 6.11. The molecule has 2 aromatic rings. The topological polar surface area (TPSA) is 44.8 Å². The fourth-order valence-electron chi connectivity index (χ4n) is 4.20. The molecule has 3 aliphatic heterocycles. The quantitative estimate of drug-likeness (QED) is 0.788. The minimum absolute atomic E-state index is 0.0226. The highest BCUT2D eigenvalue weighted by Gasteiger charge is 2.33. The second-order valence-corrected chi connectivity index (χ2v) is 8.24. The average Bonchev–Trinajstić information content (AvgIpc) is 3.18. The van der Waals surface area contributed by atoms with Crippen LogP contribution in [0.5, 0.6) is 0 Å². The normalized spacial score (nSPS) is 20.4. The number of nitrogens with one attached hydrogen (secondary N) is 1. The molecule has 3 aliphatic rings. The molecular formula is C25H24ClN3O2. The van der Waals surface area contributed by atoms with Gasteiger partial charge in [-0.25, -0.2) is 0 Å². The van der Waals surface area contributed by atoms with Gasteiger partial charge in [-0.2, -0.15) is 0 Å². The van der Waals surface area contributed by atoms with E-state index in [-0.39, 0.29) is 12.1 Å². The molecule has 1 fully saturated rings. The number of carbonyl (C=O) groups excluding carboxylic acids is 1. The standard InChI is InChI=1S/C25H24ClN3O2/c26-21-9-6-19(7-10-21)25-22(16-24(30)28-12-14-31-15-13-28)29-17-20(8-11-23(29)27-25)18-4-2-1-3-5-18/h1-11,17,23,27H,12-16H2. The van der Waals surface area contributed by atoms with Crippen molar-refractivity contribution in [3.8, 4) is 0 Å². The number of hydrogen-bond acceptors (Lipinski definition) is 4. The van der Waals surface area contributed by atoms with Crippen molar-refractivity contribution in [3.63, 3.8) is 0 Å². The lowest BCUT2D eigenvalue weighted by Gasteiger charge is -2.30. The molecule has 158 valence electrons. The van der Waals surface area contributed by atoms with Crippen molar-refractivity contribution in [1.82, 2.24) is 15.1 Å². The molecule has 6 heteroatoms.